The molecule has 1 saturated heterocycles. The highest BCUT2D eigenvalue weighted by molar-refractivity contribution is 6.31. The number of anilines is 1. The van der Waals surface area contributed by atoms with Gasteiger partial charge in [-0.25, -0.2) is 4.98 Å². The molecule has 0 radical (unpaired) electrons. The molecule has 1 atom stereocenters. The van der Waals surface area contributed by atoms with Crippen LogP contribution in [0.5, 0.6) is 0 Å². The Hall–Kier alpha value is -2.62. The quantitative estimate of drug-likeness (QED) is 0.435. The number of nitrogen functional groups attached to an aromatic ring is 1. The Bertz CT molecular complexity index is 1130. The predicted octanol–water partition coefficient (Wildman–Crippen LogP) is 4.28. The Morgan fingerprint density at radius 3 is 2.66 bits per heavy atom. The summed E-state index contributed by atoms with van der Waals surface area (Å²) in [5.74, 6) is 6.70. The van der Waals surface area contributed by atoms with Crippen LogP contribution in [0, 0.1) is 11.8 Å². The third-order valence-corrected chi connectivity index (χ3v) is 6.26. The normalized spacial score (nSPS) is 15.1. The molecule has 0 saturated carbocycles. The van der Waals surface area contributed by atoms with E-state index in [4.69, 9.17) is 17.3 Å². The first kappa shape index (κ1) is 22.6. The summed E-state index contributed by atoms with van der Waals surface area (Å²) in [4.78, 5) is 8.74. The van der Waals surface area contributed by atoms with Crippen LogP contribution in [0.25, 0.3) is 10.8 Å². The van der Waals surface area contributed by atoms with Gasteiger partial charge in [-0.2, -0.15) is 0 Å². The molecule has 0 unspecified atom stereocenters. The molecule has 2 heterocycles. The number of rotatable bonds is 6. The number of aliphatic hydroxyl groups excluding tert-OH is 1. The third kappa shape index (κ3) is 5.40. The average Bonchev–Trinajstić information content (AvgIpc) is 3.32. The van der Waals surface area contributed by atoms with Crippen LogP contribution >= 0.6 is 11.6 Å². The Balaban J connectivity index is 1.42. The number of fused-ring (bicyclic) bond motifs is 1. The summed E-state index contributed by atoms with van der Waals surface area (Å²) in [7, 11) is 1.96. The van der Waals surface area contributed by atoms with Gasteiger partial charge in [0.1, 0.15) is 12.0 Å². The predicted molar refractivity (Wildman–Crippen MR) is 131 cm³/mol. The lowest BCUT2D eigenvalue weighted by Crippen LogP contribution is -2.29. The van der Waals surface area contributed by atoms with Crippen LogP contribution in [0.2, 0.25) is 5.02 Å². The van der Waals surface area contributed by atoms with E-state index in [0.29, 0.717) is 16.4 Å². The van der Waals surface area contributed by atoms with E-state index in [1.54, 1.807) is 6.20 Å². The molecule has 0 amide bonds. The number of hydrogen-bond acceptors (Lipinski definition) is 5. The second-order valence-corrected chi connectivity index (χ2v) is 8.82. The zero-order chi connectivity index (χ0) is 22.5. The van der Waals surface area contributed by atoms with Crippen LogP contribution < -0.4 is 5.73 Å². The van der Waals surface area contributed by atoms with Gasteiger partial charge >= 0.3 is 0 Å². The first-order valence-electron chi connectivity index (χ1n) is 11.1. The molecule has 1 fully saturated rings. The molecule has 4 rings (SSSR count). The summed E-state index contributed by atoms with van der Waals surface area (Å²) >= 11 is 6.16. The molecule has 3 aromatic rings. The average molecular weight is 449 g/mol. The molecule has 3 N–H and O–H groups in total. The number of nitrogens with two attached hydrogens (primary N) is 1. The van der Waals surface area contributed by atoms with Crippen molar-refractivity contribution in [3.63, 3.8) is 0 Å². The summed E-state index contributed by atoms with van der Waals surface area (Å²) in [6, 6.07) is 13.3. The minimum absolute atomic E-state index is 0.384. The van der Waals surface area contributed by atoms with Gasteiger partial charge in [0, 0.05) is 34.1 Å². The van der Waals surface area contributed by atoms with E-state index in [1.165, 1.54) is 25.9 Å². The van der Waals surface area contributed by atoms with E-state index in [9.17, 15) is 5.11 Å². The molecule has 1 aliphatic heterocycles. The largest absolute Gasteiger partial charge is 0.383 e. The van der Waals surface area contributed by atoms with E-state index >= 15 is 0 Å². The number of aromatic nitrogens is 1. The van der Waals surface area contributed by atoms with Crippen molar-refractivity contribution < 1.29 is 5.11 Å². The van der Waals surface area contributed by atoms with Gasteiger partial charge in [-0.05, 0) is 75.8 Å². The summed E-state index contributed by atoms with van der Waals surface area (Å²) in [6.07, 6.45) is 4.78. The standard InChI is InChI=1S/C26H29ClN4O/c1-30(13-4-16-31-14-2-3-15-31)26(32)20-8-5-19(6-9-20)7-12-23-24-17-22(27)11-10-21(24)18-29-25(23)28/h5-6,8-11,17-18,26,32H,2-4,13-16H2,1H3,(H2,28,29)/t26-/m1/s1. The van der Waals surface area contributed by atoms with Gasteiger partial charge in [-0.1, -0.05) is 41.6 Å². The highest BCUT2D eigenvalue weighted by Crippen LogP contribution is 2.25. The van der Waals surface area contributed by atoms with Crippen LogP contribution in [-0.2, 0) is 0 Å². The fraction of sp³-hybridized carbons (Fsp3) is 0.346. The van der Waals surface area contributed by atoms with Crippen molar-refractivity contribution in [1.29, 1.82) is 0 Å². The summed E-state index contributed by atoms with van der Waals surface area (Å²) < 4.78 is 0. The number of pyridine rings is 1. The molecule has 0 bridgehead atoms. The van der Waals surface area contributed by atoms with Crippen molar-refractivity contribution in [3.8, 4) is 11.8 Å². The minimum Gasteiger partial charge on any atom is -0.383 e. The monoisotopic (exact) mass is 448 g/mol. The Labute approximate surface area is 194 Å². The molecule has 5 nitrogen and oxygen atoms in total. The van der Waals surface area contributed by atoms with E-state index < -0.39 is 6.23 Å². The van der Waals surface area contributed by atoms with Gasteiger partial charge in [0.2, 0.25) is 0 Å². The van der Waals surface area contributed by atoms with Crippen LogP contribution in [0.15, 0.2) is 48.7 Å². The lowest BCUT2D eigenvalue weighted by molar-refractivity contribution is 0.0188. The number of halogens is 1. The first-order valence-corrected chi connectivity index (χ1v) is 11.5. The van der Waals surface area contributed by atoms with Crippen LogP contribution in [-0.4, -0.2) is 53.1 Å². The molecule has 2 aromatic carbocycles. The van der Waals surface area contributed by atoms with Crippen molar-refractivity contribution in [2.75, 3.05) is 39.0 Å². The zero-order valence-corrected chi connectivity index (χ0v) is 19.1. The highest BCUT2D eigenvalue weighted by Gasteiger charge is 2.15. The van der Waals surface area contributed by atoms with Gasteiger partial charge in [-0.15, -0.1) is 0 Å². The molecule has 0 aliphatic carbocycles. The second kappa shape index (κ2) is 10.3. The number of aliphatic hydroxyl groups is 1. The summed E-state index contributed by atoms with van der Waals surface area (Å²) in [5.41, 5.74) is 8.45. The molecule has 166 valence electrons. The van der Waals surface area contributed by atoms with Crippen LogP contribution in [0.1, 0.15) is 42.2 Å². The fourth-order valence-electron chi connectivity index (χ4n) is 4.13. The SMILES string of the molecule is CN(CCCN1CCCC1)[C@H](O)c1ccc(C#Cc2c(N)ncc3ccc(Cl)cc23)cc1. The zero-order valence-electron chi connectivity index (χ0n) is 18.4. The topological polar surface area (TPSA) is 65.6 Å². The third-order valence-electron chi connectivity index (χ3n) is 6.03. The van der Waals surface area contributed by atoms with Crippen molar-refractivity contribution in [2.45, 2.75) is 25.5 Å². The van der Waals surface area contributed by atoms with Gasteiger partial charge in [0.05, 0.1) is 5.56 Å². The smallest absolute Gasteiger partial charge is 0.139 e. The lowest BCUT2D eigenvalue weighted by atomic mass is 10.1. The summed E-state index contributed by atoms with van der Waals surface area (Å²) in [5, 5.41) is 13.2. The van der Waals surface area contributed by atoms with E-state index in [0.717, 1.165) is 41.4 Å². The second-order valence-electron chi connectivity index (χ2n) is 8.38. The van der Waals surface area contributed by atoms with Crippen molar-refractivity contribution in [1.82, 2.24) is 14.8 Å². The maximum atomic E-state index is 10.7. The molecule has 1 aromatic heterocycles. The van der Waals surface area contributed by atoms with E-state index in [-0.39, 0.29) is 0 Å². The first-order chi connectivity index (χ1) is 15.5. The van der Waals surface area contributed by atoms with Crippen LogP contribution in [0.4, 0.5) is 5.82 Å². The van der Waals surface area contributed by atoms with Crippen molar-refractivity contribution in [3.05, 3.63) is 70.4 Å². The lowest BCUT2D eigenvalue weighted by Gasteiger charge is -2.25. The Morgan fingerprint density at radius 1 is 1.16 bits per heavy atom. The molecular formula is C26H29ClN4O. The number of nitrogens with zero attached hydrogens (tertiary/aromatic N) is 3. The van der Waals surface area contributed by atoms with Gasteiger partial charge < -0.3 is 15.7 Å². The van der Waals surface area contributed by atoms with Crippen molar-refractivity contribution >= 4 is 28.2 Å². The van der Waals surface area contributed by atoms with Gasteiger partial charge in [-0.3, -0.25) is 4.90 Å². The molecular weight excluding hydrogens is 420 g/mol. The molecule has 6 heteroatoms. The maximum absolute atomic E-state index is 10.7. The number of likely N-dealkylation sites (tertiary alicyclic amines) is 1. The van der Waals surface area contributed by atoms with Crippen LogP contribution in [0.3, 0.4) is 0 Å². The number of hydrogen-bond donors (Lipinski definition) is 2. The minimum atomic E-state index is -0.629. The Morgan fingerprint density at radius 2 is 1.91 bits per heavy atom. The molecule has 0 spiro atoms. The highest BCUT2D eigenvalue weighted by atomic mass is 35.5. The molecule has 32 heavy (non-hydrogen) atoms. The Kier molecular flexibility index (Phi) is 7.29. The van der Waals surface area contributed by atoms with E-state index in [2.05, 4.69) is 21.7 Å². The van der Waals surface area contributed by atoms with E-state index in [1.807, 2.05) is 54.4 Å². The maximum Gasteiger partial charge on any atom is 0.139 e. The van der Waals surface area contributed by atoms with Gasteiger partial charge in [0.25, 0.3) is 0 Å². The molecule has 1 aliphatic rings. The fourth-order valence-corrected chi connectivity index (χ4v) is 4.30. The van der Waals surface area contributed by atoms with Crippen molar-refractivity contribution in [2.24, 2.45) is 0 Å². The number of benzene rings is 2. The van der Waals surface area contributed by atoms with Gasteiger partial charge in [0.15, 0.2) is 0 Å². The summed E-state index contributed by atoms with van der Waals surface area (Å²) in [6.45, 7) is 4.38.